The molecule has 0 spiro atoms. The Labute approximate surface area is 128 Å². The van der Waals surface area contributed by atoms with Crippen molar-refractivity contribution in [2.45, 2.75) is 6.54 Å². The van der Waals surface area contributed by atoms with Gasteiger partial charge in [-0.3, -0.25) is 4.79 Å². The van der Waals surface area contributed by atoms with Gasteiger partial charge in [0.1, 0.15) is 4.60 Å². The van der Waals surface area contributed by atoms with Gasteiger partial charge in [0.05, 0.1) is 5.56 Å². The smallest absolute Gasteiger partial charge is 0.256 e. The zero-order chi connectivity index (χ0) is 13.8. The molecule has 1 amide bonds. The second-order valence-electron chi connectivity index (χ2n) is 4.13. The van der Waals surface area contributed by atoms with Crippen LogP contribution >= 0.6 is 31.9 Å². The number of nitrogens with zero attached hydrogens (tertiary/aromatic N) is 2. The fourth-order valence-corrected chi connectivity index (χ4v) is 2.37. The number of halogens is 2. The van der Waals surface area contributed by atoms with E-state index in [1.165, 1.54) is 0 Å². The van der Waals surface area contributed by atoms with E-state index in [1.54, 1.807) is 30.3 Å². The lowest BCUT2D eigenvalue weighted by Gasteiger charge is -2.17. The largest absolute Gasteiger partial charge is 0.337 e. The molecular formula is C14H12Br2N2O. The molecule has 0 fully saturated rings. The molecule has 0 atom stereocenters. The van der Waals surface area contributed by atoms with Gasteiger partial charge in [-0.25, -0.2) is 4.98 Å². The Bertz CT molecular complexity index is 584. The normalized spacial score (nSPS) is 10.3. The van der Waals surface area contributed by atoms with Crippen LogP contribution in [0.25, 0.3) is 0 Å². The van der Waals surface area contributed by atoms with E-state index < -0.39 is 0 Å². The van der Waals surface area contributed by atoms with Crippen molar-refractivity contribution < 1.29 is 4.79 Å². The van der Waals surface area contributed by atoms with E-state index in [0.29, 0.717) is 16.7 Å². The predicted octanol–water partition coefficient (Wildman–Crippen LogP) is 3.88. The highest BCUT2D eigenvalue weighted by atomic mass is 79.9. The summed E-state index contributed by atoms with van der Waals surface area (Å²) < 4.78 is 1.60. The van der Waals surface area contributed by atoms with Gasteiger partial charge >= 0.3 is 0 Å². The SMILES string of the molecule is CN(Cc1ccc(Br)cc1)C(=O)c1cccnc1Br. The van der Waals surface area contributed by atoms with Crippen LogP contribution in [-0.4, -0.2) is 22.8 Å². The third-order valence-electron chi connectivity index (χ3n) is 2.67. The first-order chi connectivity index (χ1) is 9.08. The molecule has 0 N–H and O–H groups in total. The van der Waals surface area contributed by atoms with Crippen LogP contribution in [0.2, 0.25) is 0 Å². The van der Waals surface area contributed by atoms with E-state index >= 15 is 0 Å². The second-order valence-corrected chi connectivity index (χ2v) is 5.80. The summed E-state index contributed by atoms with van der Waals surface area (Å²) >= 11 is 6.69. The molecule has 1 aromatic heterocycles. The number of hydrogen-bond donors (Lipinski definition) is 0. The lowest BCUT2D eigenvalue weighted by molar-refractivity contribution is 0.0783. The molecule has 0 aliphatic rings. The van der Waals surface area contributed by atoms with E-state index in [0.717, 1.165) is 10.0 Å². The number of hydrogen-bond acceptors (Lipinski definition) is 2. The van der Waals surface area contributed by atoms with E-state index in [9.17, 15) is 4.79 Å². The van der Waals surface area contributed by atoms with Gasteiger partial charge < -0.3 is 4.90 Å². The van der Waals surface area contributed by atoms with Gasteiger partial charge in [0.2, 0.25) is 0 Å². The van der Waals surface area contributed by atoms with Crippen LogP contribution in [0.3, 0.4) is 0 Å². The van der Waals surface area contributed by atoms with Crippen LogP contribution in [0.4, 0.5) is 0 Å². The molecule has 0 unspecified atom stereocenters. The molecular weight excluding hydrogens is 372 g/mol. The van der Waals surface area contributed by atoms with Crippen LogP contribution in [0, 0.1) is 0 Å². The first-order valence-corrected chi connectivity index (χ1v) is 7.27. The molecule has 1 heterocycles. The van der Waals surface area contributed by atoms with Crippen molar-refractivity contribution in [2.24, 2.45) is 0 Å². The Morgan fingerprint density at radius 1 is 1.21 bits per heavy atom. The van der Waals surface area contributed by atoms with Crippen molar-refractivity contribution in [1.82, 2.24) is 9.88 Å². The van der Waals surface area contributed by atoms with Crippen molar-refractivity contribution in [2.75, 3.05) is 7.05 Å². The van der Waals surface area contributed by atoms with Crippen LogP contribution < -0.4 is 0 Å². The topological polar surface area (TPSA) is 33.2 Å². The minimum Gasteiger partial charge on any atom is -0.337 e. The highest BCUT2D eigenvalue weighted by Gasteiger charge is 2.15. The van der Waals surface area contributed by atoms with E-state index in [4.69, 9.17) is 0 Å². The van der Waals surface area contributed by atoms with Gasteiger partial charge in [-0.2, -0.15) is 0 Å². The van der Waals surface area contributed by atoms with Gasteiger partial charge in [0.15, 0.2) is 0 Å². The molecule has 0 aliphatic carbocycles. The standard InChI is InChI=1S/C14H12Br2N2O/c1-18(9-10-4-6-11(15)7-5-10)14(19)12-3-2-8-17-13(12)16/h2-8H,9H2,1H3. The summed E-state index contributed by atoms with van der Waals surface area (Å²) in [5, 5.41) is 0. The number of carbonyl (C=O) groups excluding carboxylic acids is 1. The summed E-state index contributed by atoms with van der Waals surface area (Å²) in [4.78, 5) is 18.0. The fourth-order valence-electron chi connectivity index (χ4n) is 1.69. The first kappa shape index (κ1) is 14.2. The molecule has 5 heteroatoms. The molecule has 98 valence electrons. The number of pyridine rings is 1. The lowest BCUT2D eigenvalue weighted by atomic mass is 10.2. The molecule has 19 heavy (non-hydrogen) atoms. The van der Waals surface area contributed by atoms with E-state index in [1.807, 2.05) is 24.3 Å². The molecule has 0 saturated heterocycles. The van der Waals surface area contributed by atoms with Gasteiger partial charge in [0, 0.05) is 24.3 Å². The minimum atomic E-state index is -0.0529. The van der Waals surface area contributed by atoms with E-state index in [2.05, 4.69) is 36.8 Å². The van der Waals surface area contributed by atoms with Crippen LogP contribution in [0.15, 0.2) is 51.7 Å². The van der Waals surface area contributed by atoms with E-state index in [-0.39, 0.29) is 5.91 Å². The molecule has 0 radical (unpaired) electrons. The number of carbonyl (C=O) groups is 1. The Balaban J connectivity index is 2.12. The third kappa shape index (κ3) is 3.64. The zero-order valence-corrected chi connectivity index (χ0v) is 13.5. The van der Waals surface area contributed by atoms with Gasteiger partial charge in [-0.15, -0.1) is 0 Å². The lowest BCUT2D eigenvalue weighted by Crippen LogP contribution is -2.26. The number of rotatable bonds is 3. The maximum Gasteiger partial charge on any atom is 0.256 e. The summed E-state index contributed by atoms with van der Waals surface area (Å²) in [6.45, 7) is 0.563. The summed E-state index contributed by atoms with van der Waals surface area (Å²) in [5.74, 6) is -0.0529. The summed E-state index contributed by atoms with van der Waals surface area (Å²) in [5.41, 5.74) is 1.65. The third-order valence-corrected chi connectivity index (χ3v) is 3.83. The van der Waals surface area contributed by atoms with Crippen molar-refractivity contribution in [3.8, 4) is 0 Å². The quantitative estimate of drug-likeness (QED) is 0.753. The zero-order valence-electron chi connectivity index (χ0n) is 10.3. The average Bonchev–Trinajstić information content (AvgIpc) is 2.41. The minimum absolute atomic E-state index is 0.0529. The molecule has 3 nitrogen and oxygen atoms in total. The highest BCUT2D eigenvalue weighted by molar-refractivity contribution is 9.10. The Morgan fingerprint density at radius 2 is 1.89 bits per heavy atom. The van der Waals surface area contributed by atoms with Crippen LogP contribution in [0.1, 0.15) is 15.9 Å². The summed E-state index contributed by atoms with van der Waals surface area (Å²) in [6, 6.07) is 11.4. The molecule has 1 aromatic carbocycles. The van der Waals surface area contributed by atoms with Gasteiger partial charge in [-0.05, 0) is 45.8 Å². The maximum atomic E-state index is 12.3. The molecule has 2 rings (SSSR count). The molecule has 0 saturated carbocycles. The molecule has 0 bridgehead atoms. The highest BCUT2D eigenvalue weighted by Crippen LogP contribution is 2.16. The summed E-state index contributed by atoms with van der Waals surface area (Å²) in [7, 11) is 1.78. The Kier molecular flexibility index (Phi) is 4.71. The first-order valence-electron chi connectivity index (χ1n) is 5.68. The van der Waals surface area contributed by atoms with Crippen LogP contribution in [-0.2, 0) is 6.54 Å². The second kappa shape index (κ2) is 6.30. The number of aromatic nitrogens is 1. The van der Waals surface area contributed by atoms with Crippen molar-refractivity contribution in [3.05, 3.63) is 62.8 Å². The Morgan fingerprint density at radius 3 is 2.53 bits per heavy atom. The predicted molar refractivity (Wildman–Crippen MR) is 81.9 cm³/mol. The molecule has 0 aliphatic heterocycles. The Hall–Kier alpha value is -1.20. The average molecular weight is 384 g/mol. The van der Waals surface area contributed by atoms with Crippen molar-refractivity contribution >= 4 is 37.8 Å². The van der Waals surface area contributed by atoms with Gasteiger partial charge in [-0.1, -0.05) is 28.1 Å². The fraction of sp³-hybridized carbons (Fsp3) is 0.143. The van der Waals surface area contributed by atoms with Crippen LogP contribution in [0.5, 0.6) is 0 Å². The monoisotopic (exact) mass is 382 g/mol. The van der Waals surface area contributed by atoms with Crippen molar-refractivity contribution in [3.63, 3.8) is 0 Å². The summed E-state index contributed by atoms with van der Waals surface area (Å²) in [6.07, 6.45) is 1.65. The van der Waals surface area contributed by atoms with Crippen molar-refractivity contribution in [1.29, 1.82) is 0 Å². The maximum absolute atomic E-state index is 12.3. The number of benzene rings is 1. The van der Waals surface area contributed by atoms with Gasteiger partial charge in [0.25, 0.3) is 5.91 Å². The number of amides is 1. The molecule has 2 aromatic rings.